The van der Waals surface area contributed by atoms with E-state index in [2.05, 4.69) is 15.5 Å². The number of hydrogen-bond donors (Lipinski definition) is 2. The molecule has 10 heteroatoms. The van der Waals surface area contributed by atoms with Crippen molar-refractivity contribution >= 4 is 17.7 Å². The van der Waals surface area contributed by atoms with Gasteiger partial charge in [-0.1, -0.05) is 6.07 Å². The molecule has 180 valence electrons. The fourth-order valence-corrected chi connectivity index (χ4v) is 3.33. The van der Waals surface area contributed by atoms with Crippen LogP contribution in [-0.2, 0) is 15.7 Å². The van der Waals surface area contributed by atoms with Crippen LogP contribution in [0, 0.1) is 0 Å². The van der Waals surface area contributed by atoms with Crippen LogP contribution < -0.4 is 15.5 Å². The molecule has 1 aliphatic rings. The first-order valence-electron chi connectivity index (χ1n) is 10.8. The molecule has 2 amide bonds. The molecule has 0 aromatic heterocycles. The Morgan fingerprint density at radius 2 is 1.78 bits per heavy atom. The van der Waals surface area contributed by atoms with E-state index in [0.29, 0.717) is 25.3 Å². The third kappa shape index (κ3) is 8.57. The summed E-state index contributed by atoms with van der Waals surface area (Å²) in [6.07, 6.45) is -4.25. The van der Waals surface area contributed by atoms with E-state index in [0.717, 1.165) is 32.1 Å². The van der Waals surface area contributed by atoms with E-state index >= 15 is 0 Å². The summed E-state index contributed by atoms with van der Waals surface area (Å²) in [5, 5.41) is 5.29. The van der Waals surface area contributed by atoms with Gasteiger partial charge in [0.15, 0.2) is 0 Å². The number of halogens is 3. The predicted octanol–water partition coefficient (Wildman–Crippen LogP) is 3.25. The predicted molar refractivity (Wildman–Crippen MR) is 117 cm³/mol. The smallest absolute Gasteiger partial charge is 0.416 e. The quantitative estimate of drug-likeness (QED) is 0.614. The highest BCUT2D eigenvalue weighted by molar-refractivity contribution is 5.85. The van der Waals surface area contributed by atoms with Crippen molar-refractivity contribution in [1.29, 1.82) is 0 Å². The molecule has 2 rings (SSSR count). The van der Waals surface area contributed by atoms with E-state index in [4.69, 9.17) is 4.74 Å². The van der Waals surface area contributed by atoms with E-state index in [1.54, 1.807) is 33.8 Å². The fourth-order valence-electron chi connectivity index (χ4n) is 3.33. The highest BCUT2D eigenvalue weighted by atomic mass is 19.4. The first-order valence-corrected chi connectivity index (χ1v) is 10.8. The van der Waals surface area contributed by atoms with Crippen molar-refractivity contribution in [1.82, 2.24) is 15.5 Å². The van der Waals surface area contributed by atoms with Crippen LogP contribution in [0.5, 0.6) is 0 Å². The fraction of sp³-hybridized carbons (Fsp3) is 0.636. The Kier molecular flexibility index (Phi) is 8.77. The van der Waals surface area contributed by atoms with E-state index in [9.17, 15) is 22.8 Å². The lowest BCUT2D eigenvalue weighted by molar-refractivity contribution is -0.137. The van der Waals surface area contributed by atoms with E-state index in [1.807, 2.05) is 4.90 Å². The Bertz CT molecular complexity index is 772. The summed E-state index contributed by atoms with van der Waals surface area (Å²) in [5.74, 6) is -0.287. The number of hydrogen-bond acceptors (Lipinski definition) is 5. The Morgan fingerprint density at radius 1 is 1.12 bits per heavy atom. The van der Waals surface area contributed by atoms with Crippen LogP contribution in [0.15, 0.2) is 24.3 Å². The monoisotopic (exact) mass is 458 g/mol. The van der Waals surface area contributed by atoms with Crippen LogP contribution in [0.3, 0.4) is 0 Å². The second-order valence-corrected chi connectivity index (χ2v) is 8.89. The number of nitrogens with zero attached hydrogens (tertiary/aromatic N) is 2. The minimum Gasteiger partial charge on any atom is -0.444 e. The first kappa shape index (κ1) is 25.8. The van der Waals surface area contributed by atoms with Gasteiger partial charge in [-0.3, -0.25) is 9.69 Å². The summed E-state index contributed by atoms with van der Waals surface area (Å²) in [6.45, 7) is 10.8. The Balaban J connectivity index is 1.67. The van der Waals surface area contributed by atoms with Gasteiger partial charge in [0.05, 0.1) is 5.56 Å². The molecule has 2 N–H and O–H groups in total. The molecule has 1 aliphatic heterocycles. The number of alkyl carbamates (subject to hydrolysis) is 1. The standard InChI is InChI=1S/C22H33F3N4O3/c1-16(27-20(31)32-21(2,3)4)19(30)26-9-6-10-28-11-13-29(14-12-28)18-8-5-7-17(15-18)22(23,24)25/h5,7-8,15-16H,6,9-14H2,1-4H3,(H,26,30)(H,27,31). The second kappa shape index (κ2) is 10.9. The molecule has 0 bridgehead atoms. The summed E-state index contributed by atoms with van der Waals surface area (Å²) in [6, 6.07) is 4.70. The topological polar surface area (TPSA) is 73.9 Å². The van der Waals surface area contributed by atoms with Gasteiger partial charge in [0.25, 0.3) is 0 Å². The minimum atomic E-state index is -4.35. The number of nitrogens with one attached hydrogen (secondary N) is 2. The van der Waals surface area contributed by atoms with Gasteiger partial charge >= 0.3 is 12.3 Å². The average Bonchev–Trinajstić information content (AvgIpc) is 2.69. The van der Waals surface area contributed by atoms with Gasteiger partial charge in [-0.05, 0) is 58.9 Å². The van der Waals surface area contributed by atoms with E-state index in [-0.39, 0.29) is 5.91 Å². The molecular formula is C22H33F3N4O3. The largest absolute Gasteiger partial charge is 0.444 e. The summed E-state index contributed by atoms with van der Waals surface area (Å²) in [7, 11) is 0. The zero-order valence-electron chi connectivity index (χ0n) is 19.1. The Labute approximate surface area is 187 Å². The molecule has 1 heterocycles. The van der Waals surface area contributed by atoms with Crippen molar-refractivity contribution in [2.24, 2.45) is 0 Å². The molecule has 1 aromatic carbocycles. The third-order valence-corrected chi connectivity index (χ3v) is 4.99. The van der Waals surface area contributed by atoms with Gasteiger partial charge in [-0.25, -0.2) is 4.79 Å². The molecule has 0 spiro atoms. The number of piperazine rings is 1. The van der Waals surface area contributed by atoms with E-state index in [1.165, 1.54) is 12.1 Å². The van der Waals surface area contributed by atoms with Crippen LogP contribution in [0.4, 0.5) is 23.7 Å². The van der Waals surface area contributed by atoms with Crippen LogP contribution in [0.25, 0.3) is 0 Å². The number of ether oxygens (including phenoxy) is 1. The number of carbonyl (C=O) groups is 2. The zero-order valence-corrected chi connectivity index (χ0v) is 19.1. The molecule has 0 radical (unpaired) electrons. The summed E-state index contributed by atoms with van der Waals surface area (Å²) < 4.78 is 43.9. The third-order valence-electron chi connectivity index (χ3n) is 4.99. The maximum absolute atomic E-state index is 12.9. The van der Waals surface area contributed by atoms with Crippen molar-refractivity contribution in [2.75, 3.05) is 44.2 Å². The van der Waals surface area contributed by atoms with Gasteiger partial charge < -0.3 is 20.3 Å². The average molecular weight is 459 g/mol. The van der Waals surface area contributed by atoms with Crippen molar-refractivity contribution < 1.29 is 27.5 Å². The van der Waals surface area contributed by atoms with E-state index < -0.39 is 29.5 Å². The van der Waals surface area contributed by atoms with Crippen LogP contribution in [0.2, 0.25) is 0 Å². The van der Waals surface area contributed by atoms with Crippen molar-refractivity contribution in [2.45, 2.75) is 51.9 Å². The van der Waals surface area contributed by atoms with Crippen LogP contribution >= 0.6 is 0 Å². The lowest BCUT2D eigenvalue weighted by atomic mass is 10.1. The molecular weight excluding hydrogens is 425 g/mol. The zero-order chi connectivity index (χ0) is 23.9. The minimum absolute atomic E-state index is 0.287. The SMILES string of the molecule is CC(NC(=O)OC(C)(C)C)C(=O)NCCCN1CCN(c2cccc(C(F)(F)F)c2)CC1. The molecule has 7 nitrogen and oxygen atoms in total. The number of anilines is 1. The van der Waals surface area contributed by atoms with Gasteiger partial charge in [0.2, 0.25) is 5.91 Å². The highest BCUT2D eigenvalue weighted by Gasteiger charge is 2.31. The normalized spacial score (nSPS) is 16.4. The molecule has 32 heavy (non-hydrogen) atoms. The van der Waals surface area contributed by atoms with Gasteiger partial charge in [-0.2, -0.15) is 13.2 Å². The number of amides is 2. The molecule has 1 unspecified atom stereocenters. The first-order chi connectivity index (χ1) is 14.8. The number of rotatable bonds is 7. The lowest BCUT2D eigenvalue weighted by Crippen LogP contribution is -2.48. The van der Waals surface area contributed by atoms with Crippen molar-refractivity contribution in [3.05, 3.63) is 29.8 Å². The summed E-state index contributed by atoms with van der Waals surface area (Å²) >= 11 is 0. The summed E-state index contributed by atoms with van der Waals surface area (Å²) in [5.41, 5.74) is -0.687. The maximum Gasteiger partial charge on any atom is 0.416 e. The van der Waals surface area contributed by atoms with Crippen molar-refractivity contribution in [3.8, 4) is 0 Å². The Morgan fingerprint density at radius 3 is 2.38 bits per heavy atom. The summed E-state index contributed by atoms with van der Waals surface area (Å²) in [4.78, 5) is 28.0. The lowest BCUT2D eigenvalue weighted by Gasteiger charge is -2.36. The second-order valence-electron chi connectivity index (χ2n) is 8.89. The van der Waals surface area contributed by atoms with Crippen LogP contribution in [-0.4, -0.2) is 67.8 Å². The maximum atomic E-state index is 12.9. The molecule has 1 atom stereocenters. The van der Waals surface area contributed by atoms with Crippen LogP contribution in [0.1, 0.15) is 39.7 Å². The van der Waals surface area contributed by atoms with Gasteiger partial charge in [0.1, 0.15) is 11.6 Å². The molecule has 1 aromatic rings. The number of benzene rings is 1. The number of alkyl halides is 3. The highest BCUT2D eigenvalue weighted by Crippen LogP contribution is 2.31. The number of carbonyl (C=O) groups excluding carboxylic acids is 2. The molecule has 0 aliphatic carbocycles. The Hall–Kier alpha value is -2.49. The molecule has 0 saturated carbocycles. The van der Waals surface area contributed by atoms with Gasteiger partial charge in [-0.15, -0.1) is 0 Å². The molecule has 1 saturated heterocycles. The van der Waals surface area contributed by atoms with Gasteiger partial charge in [0, 0.05) is 38.4 Å². The molecule has 1 fully saturated rings. The van der Waals surface area contributed by atoms with Crippen molar-refractivity contribution in [3.63, 3.8) is 0 Å².